The van der Waals surface area contributed by atoms with Crippen molar-refractivity contribution in [3.05, 3.63) is 77.9 Å². The number of rotatable bonds is 4. The summed E-state index contributed by atoms with van der Waals surface area (Å²) in [5.41, 5.74) is 1.70. The third-order valence-electron chi connectivity index (χ3n) is 4.09. The van der Waals surface area contributed by atoms with Crippen LogP contribution < -0.4 is 0 Å². The predicted octanol–water partition coefficient (Wildman–Crippen LogP) is 4.92. The number of hydrogen-bond acceptors (Lipinski definition) is 2. The number of phenolic OH excluding ortho intramolecular Hbond substituents is 1. The zero-order valence-electron chi connectivity index (χ0n) is 12.5. The van der Waals surface area contributed by atoms with Gasteiger partial charge in [-0.25, -0.2) is 0 Å². The van der Waals surface area contributed by atoms with Crippen LogP contribution in [0.25, 0.3) is 10.8 Å². The molecule has 0 aliphatic heterocycles. The number of aromatic hydroxyl groups is 1. The summed E-state index contributed by atoms with van der Waals surface area (Å²) in [4.78, 5) is 13.0. The summed E-state index contributed by atoms with van der Waals surface area (Å²) in [5, 5.41) is 11.5. The molecule has 2 heteroatoms. The van der Waals surface area contributed by atoms with E-state index in [1.807, 2.05) is 61.5 Å². The van der Waals surface area contributed by atoms with E-state index in [1.165, 1.54) is 0 Å². The fourth-order valence-electron chi connectivity index (χ4n) is 2.94. The third-order valence-corrected chi connectivity index (χ3v) is 4.09. The lowest BCUT2D eigenvalue weighted by atomic mass is 9.86. The molecule has 3 aromatic carbocycles. The average Bonchev–Trinajstić information content (AvgIpc) is 2.57. The van der Waals surface area contributed by atoms with Gasteiger partial charge in [0.1, 0.15) is 5.75 Å². The van der Waals surface area contributed by atoms with Crippen LogP contribution >= 0.6 is 0 Å². The summed E-state index contributed by atoms with van der Waals surface area (Å²) in [5.74, 6) is 0.152. The van der Waals surface area contributed by atoms with Gasteiger partial charge in [-0.2, -0.15) is 0 Å². The number of carbonyl (C=O) groups is 1. The van der Waals surface area contributed by atoms with Crippen molar-refractivity contribution < 1.29 is 9.90 Å². The van der Waals surface area contributed by atoms with Crippen LogP contribution in [0.3, 0.4) is 0 Å². The number of benzene rings is 3. The van der Waals surface area contributed by atoms with E-state index in [0.29, 0.717) is 5.56 Å². The van der Waals surface area contributed by atoms with Crippen molar-refractivity contribution in [2.75, 3.05) is 0 Å². The Labute approximate surface area is 130 Å². The maximum atomic E-state index is 13.0. The minimum Gasteiger partial charge on any atom is -0.507 e. The van der Waals surface area contributed by atoms with Crippen molar-refractivity contribution in [1.29, 1.82) is 0 Å². The highest BCUT2D eigenvalue weighted by Gasteiger charge is 2.22. The first-order valence-corrected chi connectivity index (χ1v) is 7.52. The van der Waals surface area contributed by atoms with Crippen LogP contribution in [0.15, 0.2) is 66.7 Å². The monoisotopic (exact) mass is 290 g/mol. The highest BCUT2D eigenvalue weighted by molar-refractivity contribution is 6.12. The van der Waals surface area contributed by atoms with Crippen molar-refractivity contribution in [3.8, 4) is 5.75 Å². The standard InChI is InChI=1S/C20H18O2/c1-2-15(14-8-4-3-5-9-14)20(22)18-12-13-19(21)17-11-7-6-10-16(17)18/h3-13,15,21H,2H2,1H3. The lowest BCUT2D eigenvalue weighted by Gasteiger charge is -2.16. The van der Waals surface area contributed by atoms with Gasteiger partial charge in [0.05, 0.1) is 0 Å². The van der Waals surface area contributed by atoms with E-state index in [-0.39, 0.29) is 17.5 Å². The third kappa shape index (κ3) is 2.48. The Hall–Kier alpha value is -2.61. The molecule has 2 nitrogen and oxygen atoms in total. The maximum Gasteiger partial charge on any atom is 0.170 e. The molecule has 1 N–H and O–H groups in total. The SMILES string of the molecule is CCC(C(=O)c1ccc(O)c2ccccc12)c1ccccc1. The minimum absolute atomic E-state index is 0.102. The second kappa shape index (κ2) is 6.02. The number of hydrogen-bond donors (Lipinski definition) is 1. The molecule has 3 rings (SSSR count). The molecule has 0 heterocycles. The zero-order valence-corrected chi connectivity index (χ0v) is 12.5. The first-order valence-electron chi connectivity index (χ1n) is 7.52. The summed E-state index contributed by atoms with van der Waals surface area (Å²) in [6.45, 7) is 2.03. The van der Waals surface area contributed by atoms with Gasteiger partial charge in [0, 0.05) is 16.9 Å². The summed E-state index contributed by atoms with van der Waals surface area (Å²) < 4.78 is 0. The Morgan fingerprint density at radius 3 is 2.23 bits per heavy atom. The van der Waals surface area contributed by atoms with E-state index in [1.54, 1.807) is 12.1 Å². The molecule has 1 atom stereocenters. The highest BCUT2D eigenvalue weighted by Crippen LogP contribution is 2.32. The van der Waals surface area contributed by atoms with Gasteiger partial charge in [0.15, 0.2) is 5.78 Å². The van der Waals surface area contributed by atoms with Crippen molar-refractivity contribution in [2.24, 2.45) is 0 Å². The molecule has 0 fully saturated rings. The van der Waals surface area contributed by atoms with Gasteiger partial charge in [-0.1, -0.05) is 61.5 Å². The smallest absolute Gasteiger partial charge is 0.170 e. The van der Waals surface area contributed by atoms with Gasteiger partial charge < -0.3 is 5.11 Å². The van der Waals surface area contributed by atoms with E-state index >= 15 is 0 Å². The van der Waals surface area contributed by atoms with Gasteiger partial charge in [-0.3, -0.25) is 4.79 Å². The van der Waals surface area contributed by atoms with Crippen LogP contribution in [0.4, 0.5) is 0 Å². The first kappa shape index (κ1) is 14.3. The Bertz CT molecular complexity index is 806. The number of phenols is 1. The minimum atomic E-state index is -0.158. The molecule has 0 aliphatic carbocycles. The van der Waals surface area contributed by atoms with Crippen molar-refractivity contribution in [1.82, 2.24) is 0 Å². The molecular formula is C20H18O2. The van der Waals surface area contributed by atoms with Gasteiger partial charge in [-0.05, 0) is 29.5 Å². The Kier molecular flexibility index (Phi) is 3.92. The second-order valence-corrected chi connectivity index (χ2v) is 5.41. The van der Waals surface area contributed by atoms with Gasteiger partial charge >= 0.3 is 0 Å². The van der Waals surface area contributed by atoms with Crippen molar-refractivity contribution in [3.63, 3.8) is 0 Å². The molecule has 0 bridgehead atoms. The van der Waals surface area contributed by atoms with Crippen LogP contribution in [0.1, 0.15) is 35.2 Å². The van der Waals surface area contributed by atoms with Crippen LogP contribution in [0, 0.1) is 0 Å². The van der Waals surface area contributed by atoms with E-state index in [4.69, 9.17) is 0 Å². The molecule has 0 aliphatic rings. The van der Waals surface area contributed by atoms with Gasteiger partial charge in [0.25, 0.3) is 0 Å². The van der Waals surface area contributed by atoms with E-state index in [0.717, 1.165) is 22.8 Å². The quantitative estimate of drug-likeness (QED) is 0.692. The summed E-state index contributed by atoms with van der Waals surface area (Å²) >= 11 is 0. The molecule has 0 aromatic heterocycles. The molecule has 22 heavy (non-hydrogen) atoms. The predicted molar refractivity (Wildman–Crippen MR) is 89.4 cm³/mol. The van der Waals surface area contributed by atoms with Crippen molar-refractivity contribution in [2.45, 2.75) is 19.3 Å². The molecule has 1 unspecified atom stereocenters. The normalized spacial score (nSPS) is 12.2. The van der Waals surface area contributed by atoms with E-state index in [9.17, 15) is 9.90 Å². The van der Waals surface area contributed by atoms with Gasteiger partial charge in [-0.15, -0.1) is 0 Å². The Balaban J connectivity index is 2.11. The van der Waals surface area contributed by atoms with Crippen LogP contribution in [-0.2, 0) is 0 Å². The number of Topliss-reactive ketones (excluding diaryl/α,β-unsaturated/α-hetero) is 1. The topological polar surface area (TPSA) is 37.3 Å². The number of fused-ring (bicyclic) bond motifs is 1. The van der Waals surface area contributed by atoms with Crippen LogP contribution in [0.2, 0.25) is 0 Å². The number of carbonyl (C=O) groups excluding carboxylic acids is 1. The molecule has 0 saturated carbocycles. The van der Waals surface area contributed by atoms with Crippen molar-refractivity contribution >= 4 is 16.6 Å². The fraction of sp³-hybridized carbons (Fsp3) is 0.150. The number of ketones is 1. The molecule has 0 amide bonds. The Morgan fingerprint density at radius 2 is 1.55 bits per heavy atom. The lowest BCUT2D eigenvalue weighted by Crippen LogP contribution is -2.12. The second-order valence-electron chi connectivity index (χ2n) is 5.41. The Morgan fingerprint density at radius 1 is 0.909 bits per heavy atom. The molecule has 0 spiro atoms. The molecule has 3 aromatic rings. The highest BCUT2D eigenvalue weighted by atomic mass is 16.3. The molecular weight excluding hydrogens is 272 g/mol. The fourth-order valence-corrected chi connectivity index (χ4v) is 2.94. The van der Waals surface area contributed by atoms with Gasteiger partial charge in [0.2, 0.25) is 0 Å². The summed E-state index contributed by atoms with van der Waals surface area (Å²) in [6, 6.07) is 20.7. The summed E-state index contributed by atoms with van der Waals surface area (Å²) in [7, 11) is 0. The van der Waals surface area contributed by atoms with Crippen LogP contribution in [-0.4, -0.2) is 10.9 Å². The molecule has 110 valence electrons. The largest absolute Gasteiger partial charge is 0.507 e. The van der Waals surface area contributed by atoms with E-state index < -0.39 is 0 Å². The zero-order chi connectivity index (χ0) is 15.5. The lowest BCUT2D eigenvalue weighted by molar-refractivity contribution is 0.0959. The summed E-state index contributed by atoms with van der Waals surface area (Å²) in [6.07, 6.45) is 0.748. The van der Waals surface area contributed by atoms with E-state index in [2.05, 4.69) is 0 Å². The maximum absolute atomic E-state index is 13.0. The molecule has 0 radical (unpaired) electrons. The van der Waals surface area contributed by atoms with Crippen LogP contribution in [0.5, 0.6) is 5.75 Å². The average molecular weight is 290 g/mol. The first-order chi connectivity index (χ1) is 10.7. The molecule has 0 saturated heterocycles.